The zero-order valence-corrected chi connectivity index (χ0v) is 18.9. The molecule has 32 heavy (non-hydrogen) atoms. The minimum absolute atomic E-state index is 0.0785. The predicted octanol–water partition coefficient (Wildman–Crippen LogP) is 2.64. The van der Waals surface area contributed by atoms with Crippen LogP contribution in [0.1, 0.15) is 17.5 Å². The first-order valence-corrected chi connectivity index (χ1v) is 11.4. The average Bonchev–Trinajstić information content (AvgIpc) is 2.81. The number of thioether (sulfide) groups is 1. The van der Waals surface area contributed by atoms with Gasteiger partial charge in [-0.05, 0) is 41.7 Å². The summed E-state index contributed by atoms with van der Waals surface area (Å²) in [6.45, 7) is 0.0785. The highest BCUT2D eigenvalue weighted by atomic mass is 32.2. The molecule has 2 rings (SSSR count). The Morgan fingerprint density at radius 2 is 1.66 bits per heavy atom. The van der Waals surface area contributed by atoms with E-state index in [1.165, 1.54) is 31.0 Å². The van der Waals surface area contributed by atoms with Gasteiger partial charge >= 0.3 is 12.1 Å². The van der Waals surface area contributed by atoms with Gasteiger partial charge in [-0.15, -0.1) is 0 Å². The second-order valence-electron chi connectivity index (χ2n) is 7.00. The summed E-state index contributed by atoms with van der Waals surface area (Å²) < 4.78 is 10.0. The predicted molar refractivity (Wildman–Crippen MR) is 122 cm³/mol. The monoisotopic (exact) mass is 460 g/mol. The maximum Gasteiger partial charge on any atom is 0.408 e. The van der Waals surface area contributed by atoms with Crippen LogP contribution in [0.2, 0.25) is 0 Å². The summed E-state index contributed by atoms with van der Waals surface area (Å²) in [4.78, 5) is 37.4. The third kappa shape index (κ3) is 8.50. The van der Waals surface area contributed by atoms with Gasteiger partial charge < -0.3 is 25.2 Å². The van der Waals surface area contributed by atoms with Crippen molar-refractivity contribution >= 4 is 29.7 Å². The zero-order chi connectivity index (χ0) is 23.3. The van der Waals surface area contributed by atoms with Crippen molar-refractivity contribution in [3.63, 3.8) is 0 Å². The van der Waals surface area contributed by atoms with E-state index in [0.29, 0.717) is 12.2 Å². The number of nitrogens with one attached hydrogen (secondary N) is 2. The topological polar surface area (TPSA) is 114 Å². The van der Waals surface area contributed by atoms with E-state index in [1.807, 2.05) is 36.6 Å². The van der Waals surface area contributed by atoms with Crippen molar-refractivity contribution in [2.45, 2.75) is 31.5 Å². The van der Waals surface area contributed by atoms with Gasteiger partial charge in [-0.2, -0.15) is 11.8 Å². The van der Waals surface area contributed by atoms with Crippen molar-refractivity contribution < 1.29 is 29.0 Å². The van der Waals surface area contributed by atoms with Gasteiger partial charge in [0.15, 0.2) is 0 Å². The van der Waals surface area contributed by atoms with E-state index in [9.17, 15) is 19.5 Å². The molecule has 2 aromatic carbocycles. The van der Waals surface area contributed by atoms with E-state index >= 15 is 0 Å². The number of rotatable bonds is 11. The quantitative estimate of drug-likeness (QED) is 0.442. The normalized spacial score (nSPS) is 12.3. The lowest BCUT2D eigenvalue weighted by Crippen LogP contribution is -2.52. The molecule has 172 valence electrons. The van der Waals surface area contributed by atoms with Crippen molar-refractivity contribution in [1.29, 1.82) is 0 Å². The Hall–Kier alpha value is -3.20. The molecule has 0 saturated carbocycles. The van der Waals surface area contributed by atoms with Gasteiger partial charge in [0, 0.05) is 6.42 Å². The van der Waals surface area contributed by atoms with Crippen molar-refractivity contribution in [3.05, 3.63) is 65.7 Å². The molecule has 2 aromatic rings. The summed E-state index contributed by atoms with van der Waals surface area (Å²) in [5.41, 5.74) is 1.56. The maximum atomic E-state index is 12.9. The summed E-state index contributed by atoms with van der Waals surface area (Å²) in [7, 11) is 1.24. The van der Waals surface area contributed by atoms with Crippen LogP contribution in [0.15, 0.2) is 54.6 Å². The van der Waals surface area contributed by atoms with Gasteiger partial charge in [0.05, 0.1) is 7.11 Å². The smallest absolute Gasteiger partial charge is 0.408 e. The van der Waals surface area contributed by atoms with Crippen LogP contribution in [0.3, 0.4) is 0 Å². The molecule has 0 bridgehead atoms. The molecule has 0 radical (unpaired) electrons. The molecule has 0 aliphatic carbocycles. The van der Waals surface area contributed by atoms with Crippen LogP contribution in [-0.2, 0) is 32.1 Å². The second-order valence-corrected chi connectivity index (χ2v) is 7.98. The number of esters is 1. The lowest BCUT2D eigenvalue weighted by Gasteiger charge is -2.22. The Morgan fingerprint density at radius 1 is 0.969 bits per heavy atom. The average molecular weight is 461 g/mol. The van der Waals surface area contributed by atoms with Gasteiger partial charge in [0.2, 0.25) is 5.91 Å². The molecule has 0 unspecified atom stereocenters. The number of hydrogen-bond donors (Lipinski definition) is 3. The van der Waals surface area contributed by atoms with Crippen LogP contribution in [0, 0.1) is 0 Å². The Bertz CT molecular complexity index is 876. The summed E-state index contributed by atoms with van der Waals surface area (Å²) >= 11 is 1.53. The molecule has 8 nitrogen and oxygen atoms in total. The fraction of sp³-hybridized carbons (Fsp3) is 0.348. The van der Waals surface area contributed by atoms with Gasteiger partial charge in [-0.3, -0.25) is 4.79 Å². The molecule has 0 heterocycles. The first-order chi connectivity index (χ1) is 15.4. The molecule has 3 N–H and O–H groups in total. The van der Waals surface area contributed by atoms with Crippen molar-refractivity contribution in [2.75, 3.05) is 19.1 Å². The van der Waals surface area contributed by atoms with Gasteiger partial charge in [0.1, 0.15) is 24.4 Å². The fourth-order valence-electron chi connectivity index (χ4n) is 2.89. The number of phenols is 1. The Kier molecular flexibility index (Phi) is 10.4. The minimum Gasteiger partial charge on any atom is -0.508 e. The Morgan fingerprint density at radius 3 is 2.28 bits per heavy atom. The number of phenolic OH excluding ortho intramolecular Hbond substituents is 1. The largest absolute Gasteiger partial charge is 0.508 e. The molecule has 0 saturated heterocycles. The fourth-order valence-corrected chi connectivity index (χ4v) is 3.36. The first kappa shape index (κ1) is 25.1. The number of amides is 2. The van der Waals surface area contributed by atoms with Crippen LogP contribution >= 0.6 is 11.8 Å². The van der Waals surface area contributed by atoms with Crippen molar-refractivity contribution in [3.8, 4) is 5.75 Å². The molecule has 0 aliphatic rings. The lowest BCUT2D eigenvalue weighted by molar-refractivity contribution is -0.145. The Balaban J connectivity index is 2.01. The zero-order valence-electron chi connectivity index (χ0n) is 18.1. The van der Waals surface area contributed by atoms with Crippen LogP contribution in [0.5, 0.6) is 5.75 Å². The number of alkyl carbamates (subject to hydrolysis) is 1. The summed E-state index contributed by atoms with van der Waals surface area (Å²) in [5.74, 6) is -0.396. The molecule has 0 fully saturated rings. The second kappa shape index (κ2) is 13.3. The Labute approximate surface area is 191 Å². The summed E-state index contributed by atoms with van der Waals surface area (Å²) in [6, 6.07) is 13.7. The molecular formula is C23H28N2O6S. The van der Waals surface area contributed by atoms with Crippen LogP contribution in [-0.4, -0.2) is 54.3 Å². The highest BCUT2D eigenvalue weighted by Gasteiger charge is 2.27. The van der Waals surface area contributed by atoms with Crippen LogP contribution in [0.4, 0.5) is 4.79 Å². The summed E-state index contributed by atoms with van der Waals surface area (Å²) in [5, 5.41) is 14.7. The maximum absolute atomic E-state index is 12.9. The van der Waals surface area contributed by atoms with Gasteiger partial charge in [-0.25, -0.2) is 9.59 Å². The van der Waals surface area contributed by atoms with E-state index in [4.69, 9.17) is 9.47 Å². The third-order valence-electron chi connectivity index (χ3n) is 4.61. The molecule has 2 amide bonds. The van der Waals surface area contributed by atoms with E-state index in [2.05, 4.69) is 10.6 Å². The molecule has 0 aliphatic heterocycles. The van der Waals surface area contributed by atoms with Crippen LogP contribution in [0.25, 0.3) is 0 Å². The SMILES string of the molecule is COC(=O)[C@H](Cc1ccc(O)cc1)NC(=O)[C@H](CCSC)NC(=O)OCc1ccccc1. The number of benzene rings is 2. The number of hydrogen-bond acceptors (Lipinski definition) is 7. The van der Waals surface area contributed by atoms with Crippen LogP contribution < -0.4 is 10.6 Å². The summed E-state index contributed by atoms with van der Waals surface area (Å²) in [6.07, 6.45) is 1.71. The highest BCUT2D eigenvalue weighted by Crippen LogP contribution is 2.12. The molecule has 0 aromatic heterocycles. The number of carbonyl (C=O) groups is 3. The number of methoxy groups -OCH3 is 1. The first-order valence-electron chi connectivity index (χ1n) is 10.0. The molecule has 0 spiro atoms. The van der Waals surface area contributed by atoms with Crippen molar-refractivity contribution in [2.24, 2.45) is 0 Å². The highest BCUT2D eigenvalue weighted by molar-refractivity contribution is 7.98. The number of carbonyl (C=O) groups excluding carboxylic acids is 3. The van der Waals surface area contributed by atoms with E-state index < -0.39 is 30.1 Å². The molecule has 9 heteroatoms. The van der Waals surface area contributed by atoms with E-state index in [-0.39, 0.29) is 18.8 Å². The number of ether oxygens (including phenoxy) is 2. The third-order valence-corrected chi connectivity index (χ3v) is 5.25. The van der Waals surface area contributed by atoms with E-state index in [0.717, 1.165) is 11.1 Å². The molecule has 2 atom stereocenters. The van der Waals surface area contributed by atoms with Crippen molar-refractivity contribution in [1.82, 2.24) is 10.6 Å². The van der Waals surface area contributed by atoms with Gasteiger partial charge in [-0.1, -0.05) is 42.5 Å². The minimum atomic E-state index is -0.948. The van der Waals surface area contributed by atoms with Gasteiger partial charge in [0.25, 0.3) is 0 Å². The van der Waals surface area contributed by atoms with E-state index in [1.54, 1.807) is 12.1 Å². The standard InChI is InChI=1S/C23H28N2O6S/c1-30-22(28)20(14-16-8-10-18(26)11-9-16)24-21(27)19(12-13-32-2)25-23(29)31-15-17-6-4-3-5-7-17/h3-11,19-20,26H,12-15H2,1-2H3,(H,24,27)(H,25,29)/t19-,20-/m0/s1. The lowest BCUT2D eigenvalue weighted by atomic mass is 10.0. The number of aromatic hydroxyl groups is 1. The molecular weight excluding hydrogens is 432 g/mol.